The lowest BCUT2D eigenvalue weighted by molar-refractivity contribution is 0.0892. The van der Waals surface area contributed by atoms with Gasteiger partial charge in [0.15, 0.2) is 0 Å². The van der Waals surface area contributed by atoms with Gasteiger partial charge in [-0.15, -0.1) is 36.2 Å². The predicted molar refractivity (Wildman–Crippen MR) is 113 cm³/mol. The van der Waals surface area contributed by atoms with Gasteiger partial charge in [-0.05, 0) is 42.8 Å². The molecule has 0 amide bonds. The Kier molecular flexibility index (Phi) is 9.83. The third-order valence-electron chi connectivity index (χ3n) is 4.67. The van der Waals surface area contributed by atoms with Crippen LogP contribution >= 0.6 is 36.2 Å². The zero-order chi connectivity index (χ0) is 16.0. The summed E-state index contributed by atoms with van der Waals surface area (Å²) in [6, 6.07) is 14.9. The third kappa shape index (κ3) is 6.46. The highest BCUT2D eigenvalue weighted by molar-refractivity contribution is 7.09. The molecule has 0 aliphatic carbocycles. The minimum atomic E-state index is 0. The Hall–Kier alpha value is -0.780. The highest BCUT2D eigenvalue weighted by atomic mass is 35.5. The van der Waals surface area contributed by atoms with E-state index in [1.807, 2.05) is 11.3 Å². The van der Waals surface area contributed by atoms with Crippen molar-refractivity contribution >= 4 is 41.8 Å². The number of likely N-dealkylation sites (tertiary alicyclic amines) is 1. The van der Waals surface area contributed by atoms with Gasteiger partial charge in [0.1, 0.15) is 0 Å². The van der Waals surface area contributed by atoms with E-state index in [1.165, 1.54) is 17.0 Å². The van der Waals surface area contributed by atoms with E-state index in [0.29, 0.717) is 0 Å². The normalized spacial score (nSPS) is 16.5. The van der Waals surface area contributed by atoms with Crippen LogP contribution in [0.2, 0.25) is 0 Å². The van der Waals surface area contributed by atoms with Crippen LogP contribution in [0.4, 0.5) is 5.69 Å². The second kappa shape index (κ2) is 11.0. The van der Waals surface area contributed by atoms with Crippen LogP contribution in [0.15, 0.2) is 47.8 Å². The molecule has 0 saturated carbocycles. The van der Waals surface area contributed by atoms with Crippen molar-refractivity contribution < 1.29 is 4.74 Å². The van der Waals surface area contributed by atoms with Gasteiger partial charge in [0.25, 0.3) is 0 Å². The average Bonchev–Trinajstić information content (AvgIpc) is 3.09. The van der Waals surface area contributed by atoms with Crippen LogP contribution in [-0.2, 0) is 11.2 Å². The number of benzene rings is 1. The summed E-state index contributed by atoms with van der Waals surface area (Å²) in [7, 11) is 1.80. The summed E-state index contributed by atoms with van der Waals surface area (Å²) in [5.74, 6) is 0. The lowest BCUT2D eigenvalue weighted by Crippen LogP contribution is -2.52. The van der Waals surface area contributed by atoms with E-state index in [2.05, 4.69) is 58.1 Å². The number of nitrogens with zero attached hydrogens (tertiary/aromatic N) is 1. The van der Waals surface area contributed by atoms with Crippen molar-refractivity contribution in [1.82, 2.24) is 4.90 Å². The van der Waals surface area contributed by atoms with Gasteiger partial charge in [-0.25, -0.2) is 0 Å². The fourth-order valence-electron chi connectivity index (χ4n) is 3.34. The molecule has 0 atom stereocenters. The summed E-state index contributed by atoms with van der Waals surface area (Å²) >= 11 is 1.86. The van der Waals surface area contributed by atoms with Crippen molar-refractivity contribution in [3.63, 3.8) is 0 Å². The average molecular weight is 403 g/mol. The molecule has 2 aromatic rings. The van der Waals surface area contributed by atoms with Crippen LogP contribution in [0.3, 0.4) is 0 Å². The number of piperidine rings is 1. The Balaban J connectivity index is 0.00000156. The van der Waals surface area contributed by atoms with Crippen molar-refractivity contribution in [1.29, 1.82) is 0 Å². The summed E-state index contributed by atoms with van der Waals surface area (Å²) in [5.41, 5.74) is 1.26. The third-order valence-corrected chi connectivity index (χ3v) is 5.61. The first-order valence-electron chi connectivity index (χ1n) is 8.37. The highest BCUT2D eigenvalue weighted by Crippen LogP contribution is 2.27. The largest absolute Gasteiger partial charge is 0.382 e. The van der Waals surface area contributed by atoms with Crippen molar-refractivity contribution in [2.75, 3.05) is 38.7 Å². The minimum Gasteiger partial charge on any atom is -0.382 e. The molecule has 140 valence electrons. The van der Waals surface area contributed by atoms with E-state index in [-0.39, 0.29) is 30.4 Å². The maximum Gasteiger partial charge on any atom is 0.0693 e. The lowest BCUT2D eigenvalue weighted by atomic mass is 9.87. The lowest BCUT2D eigenvalue weighted by Gasteiger charge is -2.42. The number of thiophene rings is 1. The molecular weight excluding hydrogens is 375 g/mol. The zero-order valence-electron chi connectivity index (χ0n) is 14.6. The van der Waals surface area contributed by atoms with Crippen molar-refractivity contribution in [3.05, 3.63) is 52.7 Å². The highest BCUT2D eigenvalue weighted by Gasteiger charge is 2.34. The van der Waals surface area contributed by atoms with Crippen LogP contribution in [0.1, 0.15) is 17.7 Å². The second-order valence-electron chi connectivity index (χ2n) is 6.38. The second-order valence-corrected chi connectivity index (χ2v) is 7.41. The SMILES string of the molecule is COCC1(Nc2ccccc2)CCN(CCc2cccs2)CC1.Cl.Cl. The molecule has 6 heteroatoms. The molecule has 0 unspecified atom stereocenters. The number of methoxy groups -OCH3 is 1. The molecule has 1 fully saturated rings. The number of hydrogen-bond acceptors (Lipinski definition) is 4. The first-order chi connectivity index (χ1) is 11.3. The molecule has 1 aliphatic heterocycles. The van der Waals surface area contributed by atoms with Gasteiger partial charge in [-0.3, -0.25) is 0 Å². The van der Waals surface area contributed by atoms with Crippen LogP contribution in [-0.4, -0.2) is 43.8 Å². The fourth-order valence-corrected chi connectivity index (χ4v) is 4.04. The summed E-state index contributed by atoms with van der Waals surface area (Å²) in [6.45, 7) is 4.19. The number of nitrogens with one attached hydrogen (secondary N) is 1. The van der Waals surface area contributed by atoms with Gasteiger partial charge in [0.2, 0.25) is 0 Å². The van der Waals surface area contributed by atoms with E-state index >= 15 is 0 Å². The first-order valence-corrected chi connectivity index (χ1v) is 9.25. The molecule has 0 radical (unpaired) electrons. The molecule has 1 aliphatic rings. The van der Waals surface area contributed by atoms with Gasteiger partial charge < -0.3 is 15.0 Å². The predicted octanol–water partition coefficient (Wildman–Crippen LogP) is 4.73. The topological polar surface area (TPSA) is 24.5 Å². The summed E-state index contributed by atoms with van der Waals surface area (Å²) < 4.78 is 5.53. The number of anilines is 1. The number of halogens is 2. The molecule has 1 aromatic heterocycles. The summed E-state index contributed by atoms with van der Waals surface area (Å²) in [4.78, 5) is 4.07. The van der Waals surface area contributed by atoms with E-state index < -0.39 is 0 Å². The number of hydrogen-bond donors (Lipinski definition) is 1. The molecule has 3 nitrogen and oxygen atoms in total. The molecule has 0 spiro atoms. The van der Waals surface area contributed by atoms with Crippen molar-refractivity contribution in [2.45, 2.75) is 24.8 Å². The first kappa shape index (κ1) is 22.3. The molecule has 3 rings (SSSR count). The molecule has 25 heavy (non-hydrogen) atoms. The Bertz CT molecular complexity index is 572. The molecule has 2 heterocycles. The van der Waals surface area contributed by atoms with Crippen LogP contribution in [0.25, 0.3) is 0 Å². The van der Waals surface area contributed by atoms with Gasteiger partial charge in [-0.2, -0.15) is 0 Å². The molecule has 0 bridgehead atoms. The molecule has 1 aromatic carbocycles. The monoisotopic (exact) mass is 402 g/mol. The maximum atomic E-state index is 5.53. The molecule has 1 N–H and O–H groups in total. The number of rotatable bonds is 7. The molecule has 1 saturated heterocycles. The Morgan fingerprint density at radius 2 is 1.80 bits per heavy atom. The van der Waals surface area contributed by atoms with Crippen molar-refractivity contribution in [2.24, 2.45) is 0 Å². The fraction of sp³-hybridized carbons (Fsp3) is 0.474. The summed E-state index contributed by atoms with van der Waals surface area (Å²) in [5, 5.41) is 5.90. The smallest absolute Gasteiger partial charge is 0.0693 e. The summed E-state index contributed by atoms with van der Waals surface area (Å²) in [6.07, 6.45) is 3.42. The van der Waals surface area contributed by atoms with E-state index in [1.54, 1.807) is 7.11 Å². The van der Waals surface area contributed by atoms with Crippen molar-refractivity contribution in [3.8, 4) is 0 Å². The van der Waals surface area contributed by atoms with Crippen LogP contribution < -0.4 is 5.32 Å². The number of ether oxygens (including phenoxy) is 1. The van der Waals surface area contributed by atoms with E-state index in [4.69, 9.17) is 4.74 Å². The minimum absolute atomic E-state index is 0. The van der Waals surface area contributed by atoms with E-state index in [0.717, 1.165) is 39.1 Å². The molecular formula is C19H28Cl2N2OS. The van der Waals surface area contributed by atoms with Crippen LogP contribution in [0.5, 0.6) is 0 Å². The maximum absolute atomic E-state index is 5.53. The van der Waals surface area contributed by atoms with Gasteiger partial charge in [0, 0.05) is 37.3 Å². The standard InChI is InChI=1S/C19H26N2OS.2ClH/c1-22-16-19(20-17-6-3-2-4-7-17)10-13-21(14-11-19)12-9-18-8-5-15-23-18;;/h2-8,15,20H,9-14,16H2,1H3;2*1H. The quantitative estimate of drug-likeness (QED) is 0.724. The van der Waals surface area contributed by atoms with Crippen LogP contribution in [0, 0.1) is 0 Å². The van der Waals surface area contributed by atoms with Gasteiger partial charge in [0.05, 0.1) is 12.1 Å². The Morgan fingerprint density at radius 3 is 2.40 bits per heavy atom. The van der Waals surface area contributed by atoms with E-state index in [9.17, 15) is 0 Å². The Labute approximate surface area is 167 Å². The number of para-hydroxylation sites is 1. The van der Waals surface area contributed by atoms with Gasteiger partial charge in [-0.1, -0.05) is 24.3 Å². The Morgan fingerprint density at radius 1 is 1.08 bits per heavy atom. The zero-order valence-corrected chi connectivity index (χ0v) is 17.1. The van der Waals surface area contributed by atoms with Gasteiger partial charge >= 0.3 is 0 Å².